The minimum atomic E-state index is 0.912. The summed E-state index contributed by atoms with van der Waals surface area (Å²) in [7, 11) is 2.24. The lowest BCUT2D eigenvalue weighted by atomic mass is 10.1. The van der Waals surface area contributed by atoms with Gasteiger partial charge in [-0.3, -0.25) is 0 Å². The van der Waals surface area contributed by atoms with Gasteiger partial charge in [0.2, 0.25) is 0 Å². The molecule has 0 spiro atoms. The van der Waals surface area contributed by atoms with Crippen LogP contribution in [-0.2, 0) is 0 Å². The molecule has 0 aliphatic carbocycles. The molecule has 0 aromatic heterocycles. The van der Waals surface area contributed by atoms with Gasteiger partial charge in [-0.05, 0) is 32.9 Å². The van der Waals surface area contributed by atoms with Crippen LogP contribution in [0.25, 0.3) is 0 Å². The van der Waals surface area contributed by atoms with Gasteiger partial charge in [0.1, 0.15) is 0 Å². The zero-order valence-electron chi connectivity index (χ0n) is 6.56. The van der Waals surface area contributed by atoms with Gasteiger partial charge in [-0.25, -0.2) is 0 Å². The lowest BCUT2D eigenvalue weighted by Gasteiger charge is -2.17. The first-order chi connectivity index (χ1) is 4.34. The third-order valence-electron chi connectivity index (χ3n) is 2.29. The molecule has 0 aromatic rings. The maximum Gasteiger partial charge on any atom is 0.00925 e. The van der Waals surface area contributed by atoms with Gasteiger partial charge in [-0.2, -0.15) is 0 Å². The van der Waals surface area contributed by atoms with Crippen molar-refractivity contribution in [3.63, 3.8) is 0 Å². The fourth-order valence-electron chi connectivity index (χ4n) is 1.68. The molecule has 1 nitrogen and oxygen atoms in total. The molecule has 1 heteroatoms. The number of hydrogen-bond acceptors (Lipinski definition) is 1. The number of nitrogens with zero attached hydrogens (tertiary/aromatic N) is 1. The van der Waals surface area contributed by atoms with E-state index >= 15 is 0 Å². The van der Waals surface area contributed by atoms with E-state index in [2.05, 4.69) is 18.9 Å². The van der Waals surface area contributed by atoms with E-state index in [1.54, 1.807) is 0 Å². The lowest BCUT2D eigenvalue weighted by molar-refractivity contribution is 0.295. The normalized spacial score (nSPS) is 29.3. The fraction of sp³-hybridized carbons (Fsp3) is 1.00. The van der Waals surface area contributed by atoms with Gasteiger partial charge >= 0.3 is 0 Å². The minimum Gasteiger partial charge on any atom is -0.303 e. The van der Waals surface area contributed by atoms with E-state index in [0.717, 1.165) is 6.04 Å². The highest BCUT2D eigenvalue weighted by atomic mass is 15.1. The molecule has 1 aliphatic rings. The summed E-state index contributed by atoms with van der Waals surface area (Å²) in [6.07, 6.45) is 5.59. The fourth-order valence-corrected chi connectivity index (χ4v) is 1.68. The number of hydrogen-bond donors (Lipinski definition) is 0. The van der Waals surface area contributed by atoms with Crippen LogP contribution in [0.15, 0.2) is 0 Å². The summed E-state index contributed by atoms with van der Waals surface area (Å²) in [5.74, 6) is 0. The highest BCUT2D eigenvalue weighted by molar-refractivity contribution is 4.75. The highest BCUT2D eigenvalue weighted by Gasteiger charge is 2.18. The van der Waals surface area contributed by atoms with Crippen LogP contribution in [0.5, 0.6) is 0 Å². The molecule has 0 bridgehead atoms. The van der Waals surface area contributed by atoms with Crippen LogP contribution < -0.4 is 0 Å². The second kappa shape index (κ2) is 3.21. The van der Waals surface area contributed by atoms with Crippen molar-refractivity contribution < 1.29 is 0 Å². The maximum absolute atomic E-state index is 2.49. The molecule has 1 aliphatic heterocycles. The third kappa shape index (κ3) is 1.68. The van der Waals surface area contributed by atoms with Crippen LogP contribution in [0.2, 0.25) is 0 Å². The predicted octanol–water partition coefficient (Wildman–Crippen LogP) is 1.88. The van der Waals surface area contributed by atoms with Crippen LogP contribution in [0.3, 0.4) is 0 Å². The van der Waals surface area contributed by atoms with E-state index < -0.39 is 0 Å². The molecular formula is C8H17N. The van der Waals surface area contributed by atoms with Gasteiger partial charge in [0, 0.05) is 6.04 Å². The summed E-state index contributed by atoms with van der Waals surface area (Å²) in [5, 5.41) is 0. The van der Waals surface area contributed by atoms with E-state index in [9.17, 15) is 0 Å². The summed E-state index contributed by atoms with van der Waals surface area (Å²) in [5.41, 5.74) is 0. The van der Waals surface area contributed by atoms with Gasteiger partial charge in [0.15, 0.2) is 0 Å². The molecule has 9 heavy (non-hydrogen) atoms. The molecule has 1 fully saturated rings. The molecule has 0 radical (unpaired) electrons. The zero-order chi connectivity index (χ0) is 6.69. The summed E-state index contributed by atoms with van der Waals surface area (Å²) in [4.78, 5) is 2.49. The second-order valence-corrected chi connectivity index (χ2v) is 3.07. The number of likely N-dealkylation sites (tertiary alicyclic amines) is 1. The topological polar surface area (TPSA) is 3.24 Å². The Morgan fingerprint density at radius 3 is 2.78 bits per heavy atom. The molecule has 0 saturated carbocycles. The molecule has 1 unspecified atom stereocenters. The number of rotatable bonds is 2. The van der Waals surface area contributed by atoms with Crippen molar-refractivity contribution in [3.8, 4) is 0 Å². The SMILES string of the molecule is CCCC1CCCN1C. The summed E-state index contributed by atoms with van der Waals surface area (Å²) in [6.45, 7) is 3.59. The molecule has 0 aromatic carbocycles. The molecule has 54 valence electrons. The maximum atomic E-state index is 2.49. The quantitative estimate of drug-likeness (QED) is 0.547. The van der Waals surface area contributed by atoms with Gasteiger partial charge in [0.25, 0.3) is 0 Å². The Kier molecular flexibility index (Phi) is 2.52. The Labute approximate surface area is 58.0 Å². The monoisotopic (exact) mass is 127 g/mol. The largest absolute Gasteiger partial charge is 0.303 e. The Balaban J connectivity index is 2.22. The molecule has 1 atom stereocenters. The molecular weight excluding hydrogens is 110 g/mol. The van der Waals surface area contributed by atoms with E-state index in [1.165, 1.54) is 32.2 Å². The van der Waals surface area contributed by atoms with Crippen molar-refractivity contribution in [1.29, 1.82) is 0 Å². The van der Waals surface area contributed by atoms with E-state index in [1.807, 2.05) is 0 Å². The van der Waals surface area contributed by atoms with Crippen LogP contribution in [-0.4, -0.2) is 24.5 Å². The van der Waals surface area contributed by atoms with Crippen molar-refractivity contribution in [2.45, 2.75) is 38.6 Å². The van der Waals surface area contributed by atoms with Gasteiger partial charge in [0.05, 0.1) is 0 Å². The molecule has 0 N–H and O–H groups in total. The molecule has 1 rings (SSSR count). The van der Waals surface area contributed by atoms with Crippen molar-refractivity contribution in [2.24, 2.45) is 0 Å². The zero-order valence-corrected chi connectivity index (χ0v) is 6.56. The Morgan fingerprint density at radius 1 is 1.56 bits per heavy atom. The molecule has 1 saturated heterocycles. The third-order valence-corrected chi connectivity index (χ3v) is 2.29. The first kappa shape index (κ1) is 7.07. The summed E-state index contributed by atoms with van der Waals surface area (Å²) < 4.78 is 0. The Bertz CT molecular complexity index is 80.6. The minimum absolute atomic E-state index is 0.912. The van der Waals surface area contributed by atoms with Crippen molar-refractivity contribution in [2.75, 3.05) is 13.6 Å². The Hall–Kier alpha value is -0.0400. The van der Waals surface area contributed by atoms with Crippen molar-refractivity contribution >= 4 is 0 Å². The van der Waals surface area contributed by atoms with E-state index in [4.69, 9.17) is 0 Å². The predicted molar refractivity (Wildman–Crippen MR) is 40.6 cm³/mol. The van der Waals surface area contributed by atoms with Crippen LogP contribution in [0, 0.1) is 0 Å². The van der Waals surface area contributed by atoms with Crippen molar-refractivity contribution in [3.05, 3.63) is 0 Å². The Morgan fingerprint density at radius 2 is 2.33 bits per heavy atom. The van der Waals surface area contributed by atoms with Crippen LogP contribution in [0.1, 0.15) is 32.6 Å². The van der Waals surface area contributed by atoms with Gasteiger partial charge < -0.3 is 4.90 Å². The first-order valence-corrected chi connectivity index (χ1v) is 4.05. The first-order valence-electron chi connectivity index (χ1n) is 4.05. The second-order valence-electron chi connectivity index (χ2n) is 3.07. The van der Waals surface area contributed by atoms with Gasteiger partial charge in [-0.1, -0.05) is 13.3 Å². The van der Waals surface area contributed by atoms with E-state index in [0.29, 0.717) is 0 Å². The van der Waals surface area contributed by atoms with E-state index in [-0.39, 0.29) is 0 Å². The summed E-state index contributed by atoms with van der Waals surface area (Å²) >= 11 is 0. The van der Waals surface area contributed by atoms with Gasteiger partial charge in [-0.15, -0.1) is 0 Å². The van der Waals surface area contributed by atoms with Crippen LogP contribution >= 0.6 is 0 Å². The molecule has 1 heterocycles. The van der Waals surface area contributed by atoms with Crippen LogP contribution in [0.4, 0.5) is 0 Å². The van der Waals surface area contributed by atoms with Crippen molar-refractivity contribution in [1.82, 2.24) is 4.90 Å². The lowest BCUT2D eigenvalue weighted by Crippen LogP contribution is -2.24. The summed E-state index contributed by atoms with van der Waals surface area (Å²) in [6, 6.07) is 0.912. The standard InChI is InChI=1S/C8H17N/c1-3-5-8-6-4-7-9(8)2/h8H,3-7H2,1-2H3. The molecule has 0 amide bonds. The smallest absolute Gasteiger partial charge is 0.00925 e. The average molecular weight is 127 g/mol. The average Bonchev–Trinajstić information content (AvgIpc) is 2.18. The highest BCUT2D eigenvalue weighted by Crippen LogP contribution is 2.18.